The summed E-state index contributed by atoms with van der Waals surface area (Å²) >= 11 is 0. The van der Waals surface area contributed by atoms with Crippen LogP contribution in [0.5, 0.6) is 0 Å². The first-order chi connectivity index (χ1) is 10.7. The van der Waals surface area contributed by atoms with Gasteiger partial charge in [-0.1, -0.05) is 19.7 Å². The second kappa shape index (κ2) is 5.32. The highest BCUT2D eigenvalue weighted by Crippen LogP contribution is 2.52. The molecule has 23 heavy (non-hydrogen) atoms. The zero-order valence-electron chi connectivity index (χ0n) is 12.9. The first kappa shape index (κ1) is 16.0. The first-order valence-corrected chi connectivity index (χ1v) is 7.54. The molecule has 0 bridgehead atoms. The summed E-state index contributed by atoms with van der Waals surface area (Å²) < 4.78 is 10.7. The van der Waals surface area contributed by atoms with Gasteiger partial charge in [-0.25, -0.2) is 4.79 Å². The average Bonchev–Trinajstić information content (AvgIpc) is 2.92. The highest BCUT2D eigenvalue weighted by atomic mass is 16.6. The van der Waals surface area contributed by atoms with Crippen LogP contribution in [0, 0.1) is 17.8 Å². The maximum Gasteiger partial charge on any atom is 0.334 e. The average molecular weight is 320 g/mol. The molecule has 1 saturated heterocycles. The summed E-state index contributed by atoms with van der Waals surface area (Å²) in [6.45, 7) is 12.9. The predicted octanol–water partition coefficient (Wildman–Crippen LogP) is 0.500. The van der Waals surface area contributed by atoms with Crippen LogP contribution in [0.25, 0.3) is 0 Å². The lowest BCUT2D eigenvalue weighted by Gasteiger charge is -2.27. The van der Waals surface area contributed by atoms with Crippen LogP contribution in [0.1, 0.15) is 13.3 Å². The Hall–Kier alpha value is -1.92. The van der Waals surface area contributed by atoms with Crippen molar-refractivity contribution in [3.8, 4) is 0 Å². The van der Waals surface area contributed by atoms with Crippen molar-refractivity contribution in [1.82, 2.24) is 0 Å². The maximum absolute atomic E-state index is 11.9. The predicted molar refractivity (Wildman–Crippen MR) is 80.0 cm³/mol. The summed E-state index contributed by atoms with van der Waals surface area (Å²) in [5, 5.41) is 20.8. The van der Waals surface area contributed by atoms with E-state index in [-0.39, 0.29) is 17.4 Å². The Balaban J connectivity index is 2.02. The third-order valence-corrected chi connectivity index (χ3v) is 5.21. The number of carbonyl (C=O) groups excluding carboxylic acids is 2. The van der Waals surface area contributed by atoms with E-state index in [0.717, 1.165) is 0 Å². The van der Waals surface area contributed by atoms with Crippen LogP contribution in [0.15, 0.2) is 36.5 Å². The van der Waals surface area contributed by atoms with Gasteiger partial charge >= 0.3 is 11.9 Å². The van der Waals surface area contributed by atoms with Gasteiger partial charge in [-0.2, -0.15) is 0 Å². The van der Waals surface area contributed by atoms with E-state index in [1.807, 2.05) is 0 Å². The quantitative estimate of drug-likeness (QED) is 0.415. The molecule has 2 saturated carbocycles. The molecule has 6 heteroatoms. The first-order valence-electron chi connectivity index (χ1n) is 7.54. The van der Waals surface area contributed by atoms with Crippen LogP contribution in [0.4, 0.5) is 0 Å². The Kier molecular flexibility index (Phi) is 3.69. The summed E-state index contributed by atoms with van der Waals surface area (Å²) in [4.78, 5) is 23.2. The number of hydrogen-bond donors (Lipinski definition) is 2. The van der Waals surface area contributed by atoms with Gasteiger partial charge in [0, 0.05) is 18.4 Å². The van der Waals surface area contributed by atoms with Crippen LogP contribution >= 0.6 is 0 Å². The van der Waals surface area contributed by atoms with Gasteiger partial charge in [-0.15, -0.1) is 0 Å². The molecule has 1 aliphatic heterocycles. The van der Waals surface area contributed by atoms with Crippen LogP contribution in [0.3, 0.4) is 0 Å². The van der Waals surface area contributed by atoms with Crippen LogP contribution in [-0.2, 0) is 19.1 Å². The van der Waals surface area contributed by atoms with Gasteiger partial charge in [0.15, 0.2) is 0 Å². The van der Waals surface area contributed by atoms with Gasteiger partial charge in [-0.3, -0.25) is 4.79 Å². The van der Waals surface area contributed by atoms with Crippen molar-refractivity contribution in [2.75, 3.05) is 0 Å². The molecule has 0 aromatic heterocycles. The second-order valence-corrected chi connectivity index (χ2v) is 6.47. The monoisotopic (exact) mass is 320 g/mol. The highest BCUT2D eigenvalue weighted by molar-refractivity contribution is 5.91. The lowest BCUT2D eigenvalue weighted by atomic mass is 9.81. The molecule has 0 aromatic carbocycles. The van der Waals surface area contributed by atoms with Gasteiger partial charge in [-0.05, 0) is 23.5 Å². The number of hydrogen-bond acceptors (Lipinski definition) is 6. The fourth-order valence-electron chi connectivity index (χ4n) is 4.09. The van der Waals surface area contributed by atoms with Crippen LogP contribution < -0.4 is 0 Å². The van der Waals surface area contributed by atoms with E-state index in [9.17, 15) is 19.8 Å². The lowest BCUT2D eigenvalue weighted by Crippen LogP contribution is -2.38. The molecule has 124 valence electrons. The molecular formula is C17H20O6. The SMILES string of the molecule is C=C1C(=O)O[C@@H]2[C@H]3C(=C)[C@@H](OC(C)=O)C[C@H]3C(=C)[C@@H](O)[C@H](O)[C@H]12. The number of rotatable bonds is 1. The van der Waals surface area contributed by atoms with E-state index in [2.05, 4.69) is 19.7 Å². The minimum absolute atomic E-state index is 0.138. The fourth-order valence-corrected chi connectivity index (χ4v) is 4.09. The van der Waals surface area contributed by atoms with E-state index < -0.39 is 42.3 Å². The molecule has 0 radical (unpaired) electrons. The minimum Gasteiger partial charge on any atom is -0.458 e. The Morgan fingerprint density at radius 1 is 1.22 bits per heavy atom. The molecule has 2 aliphatic carbocycles. The van der Waals surface area contributed by atoms with Crippen molar-refractivity contribution in [3.63, 3.8) is 0 Å². The fraction of sp³-hybridized carbons (Fsp3) is 0.529. The molecule has 2 N–H and O–H groups in total. The van der Waals surface area contributed by atoms with E-state index in [1.54, 1.807) is 0 Å². The molecule has 1 heterocycles. The molecule has 0 spiro atoms. The Bertz CT molecular complexity index is 621. The van der Waals surface area contributed by atoms with Crippen molar-refractivity contribution in [3.05, 3.63) is 36.5 Å². The largest absolute Gasteiger partial charge is 0.458 e. The summed E-state index contributed by atoms with van der Waals surface area (Å²) in [6.07, 6.45) is -3.21. The Labute approximate surface area is 134 Å². The molecule has 7 atom stereocenters. The number of carbonyl (C=O) groups is 2. The van der Waals surface area contributed by atoms with Crippen molar-refractivity contribution in [2.45, 2.75) is 37.8 Å². The highest BCUT2D eigenvalue weighted by Gasteiger charge is 2.58. The van der Waals surface area contributed by atoms with Crippen molar-refractivity contribution < 1.29 is 29.3 Å². The van der Waals surface area contributed by atoms with E-state index in [0.29, 0.717) is 17.6 Å². The van der Waals surface area contributed by atoms with Gasteiger partial charge < -0.3 is 19.7 Å². The van der Waals surface area contributed by atoms with Crippen molar-refractivity contribution in [1.29, 1.82) is 0 Å². The Morgan fingerprint density at radius 2 is 1.87 bits per heavy atom. The third kappa shape index (κ3) is 2.24. The molecule has 0 amide bonds. The van der Waals surface area contributed by atoms with Crippen molar-refractivity contribution >= 4 is 11.9 Å². The summed E-state index contributed by atoms with van der Waals surface area (Å²) in [5.41, 5.74) is 1.19. The van der Waals surface area contributed by atoms with E-state index in [4.69, 9.17) is 9.47 Å². The number of aliphatic hydroxyl groups excluding tert-OH is 2. The van der Waals surface area contributed by atoms with Gasteiger partial charge in [0.2, 0.25) is 0 Å². The molecule has 0 aromatic rings. The topological polar surface area (TPSA) is 93.1 Å². The summed E-state index contributed by atoms with van der Waals surface area (Å²) in [5.74, 6) is -2.39. The number of aliphatic hydroxyl groups is 2. The standard InChI is InChI=1S/C17H20O6/c1-6-10-5-11(22-9(4)18)7(2)12(10)16-13(15(20)14(6)19)8(3)17(21)23-16/h10-16,19-20H,1-3,5H2,4H3/t10-,11-,12-,13-,14+,15+,16+/m0/s1. The van der Waals surface area contributed by atoms with E-state index in [1.165, 1.54) is 6.92 Å². The zero-order chi connectivity index (χ0) is 17.0. The summed E-state index contributed by atoms with van der Waals surface area (Å²) in [6, 6.07) is 0. The molecule has 0 unspecified atom stereocenters. The normalized spacial score (nSPS) is 42.8. The number of esters is 2. The van der Waals surface area contributed by atoms with Crippen molar-refractivity contribution in [2.24, 2.45) is 17.8 Å². The third-order valence-electron chi connectivity index (χ3n) is 5.21. The zero-order valence-corrected chi connectivity index (χ0v) is 12.9. The molecular weight excluding hydrogens is 300 g/mol. The summed E-state index contributed by atoms with van der Waals surface area (Å²) in [7, 11) is 0. The van der Waals surface area contributed by atoms with Gasteiger partial charge in [0.05, 0.1) is 12.0 Å². The smallest absolute Gasteiger partial charge is 0.334 e. The molecule has 6 nitrogen and oxygen atoms in total. The van der Waals surface area contributed by atoms with Crippen LogP contribution in [-0.4, -0.2) is 46.6 Å². The minimum atomic E-state index is -1.21. The Morgan fingerprint density at radius 3 is 2.48 bits per heavy atom. The second-order valence-electron chi connectivity index (χ2n) is 6.47. The van der Waals surface area contributed by atoms with Gasteiger partial charge in [0.25, 0.3) is 0 Å². The van der Waals surface area contributed by atoms with Gasteiger partial charge in [0.1, 0.15) is 18.3 Å². The molecule has 3 rings (SSSR count). The number of fused-ring (bicyclic) bond motifs is 3. The molecule has 3 aliphatic rings. The number of ether oxygens (including phenoxy) is 2. The van der Waals surface area contributed by atoms with E-state index >= 15 is 0 Å². The van der Waals surface area contributed by atoms with Crippen LogP contribution in [0.2, 0.25) is 0 Å². The molecule has 3 fully saturated rings. The lowest BCUT2D eigenvalue weighted by molar-refractivity contribution is -0.145. The maximum atomic E-state index is 11.9.